The second-order valence-electron chi connectivity index (χ2n) is 9.52. The third kappa shape index (κ3) is 4.95. The second kappa shape index (κ2) is 10.1. The van der Waals surface area contributed by atoms with Crippen LogP contribution >= 0.6 is 11.3 Å². The molecule has 1 aromatic carbocycles. The number of piperidine rings is 1. The van der Waals surface area contributed by atoms with E-state index in [-0.39, 0.29) is 24.0 Å². The van der Waals surface area contributed by atoms with Gasteiger partial charge < -0.3 is 15.0 Å². The molecule has 1 saturated carbocycles. The fourth-order valence-corrected chi connectivity index (χ4v) is 6.45. The minimum atomic E-state index is -0.973. The van der Waals surface area contributed by atoms with Crippen molar-refractivity contribution in [2.75, 3.05) is 44.2 Å². The number of hydrogen-bond acceptors (Lipinski definition) is 5. The van der Waals surface area contributed by atoms with Crippen molar-refractivity contribution in [1.82, 2.24) is 10.2 Å². The highest BCUT2D eigenvalue weighted by molar-refractivity contribution is 7.17. The van der Waals surface area contributed by atoms with Crippen LogP contribution in [-0.2, 0) is 9.53 Å². The van der Waals surface area contributed by atoms with Crippen LogP contribution in [0.15, 0.2) is 29.6 Å². The SMILES string of the molecule is O=C1CCC2CC(OCCCCN3CCN(c4cccc5sccc45)CC3)CC(F)C2N1. The first-order valence-corrected chi connectivity index (χ1v) is 13.0. The van der Waals surface area contributed by atoms with E-state index in [0.29, 0.717) is 19.4 Å². The number of anilines is 1. The van der Waals surface area contributed by atoms with Crippen LogP contribution in [0.4, 0.5) is 10.1 Å². The van der Waals surface area contributed by atoms with Gasteiger partial charge in [-0.05, 0) is 61.7 Å². The Labute approximate surface area is 193 Å². The fraction of sp³-hybridized carbons (Fsp3) is 0.640. The first-order chi connectivity index (χ1) is 15.7. The molecule has 3 aliphatic rings. The molecular weight excluding hydrogens is 425 g/mol. The molecule has 4 atom stereocenters. The summed E-state index contributed by atoms with van der Waals surface area (Å²) in [7, 11) is 0. The summed E-state index contributed by atoms with van der Waals surface area (Å²) in [5.74, 6) is 0.232. The minimum Gasteiger partial charge on any atom is -0.378 e. The molecule has 2 aliphatic heterocycles. The van der Waals surface area contributed by atoms with Gasteiger partial charge in [0, 0.05) is 61.4 Å². The lowest BCUT2D eigenvalue weighted by Gasteiger charge is -2.41. The van der Waals surface area contributed by atoms with Crippen molar-refractivity contribution in [3.63, 3.8) is 0 Å². The van der Waals surface area contributed by atoms with E-state index in [1.165, 1.54) is 15.8 Å². The molecule has 4 unspecified atom stereocenters. The number of rotatable bonds is 7. The lowest BCUT2D eigenvalue weighted by atomic mass is 9.77. The summed E-state index contributed by atoms with van der Waals surface area (Å²) in [6, 6.07) is 8.57. The molecule has 1 aliphatic carbocycles. The summed E-state index contributed by atoms with van der Waals surface area (Å²) in [6.07, 6.45) is 3.79. The molecule has 3 heterocycles. The molecule has 5 nitrogen and oxygen atoms in total. The zero-order chi connectivity index (χ0) is 21.9. The van der Waals surface area contributed by atoms with Gasteiger partial charge in [0.2, 0.25) is 5.91 Å². The predicted octanol–water partition coefficient (Wildman–Crippen LogP) is 4.22. The molecule has 2 aromatic rings. The van der Waals surface area contributed by atoms with Crippen LogP contribution in [0.3, 0.4) is 0 Å². The standard InChI is InChI=1S/C25H34FN3O2S/c26-21-17-19(16-18-6-7-24(30)27-25(18)21)31-14-2-1-9-28-10-12-29(13-11-28)22-4-3-5-23-20(22)8-15-32-23/h3-5,8,15,18-19,21,25H,1-2,6-7,9-14,16-17H2,(H,27,30). The van der Waals surface area contributed by atoms with Crippen LogP contribution in [0.1, 0.15) is 38.5 Å². The van der Waals surface area contributed by atoms with Crippen LogP contribution in [0.2, 0.25) is 0 Å². The van der Waals surface area contributed by atoms with E-state index < -0.39 is 6.17 Å². The van der Waals surface area contributed by atoms with Crippen molar-refractivity contribution in [2.24, 2.45) is 5.92 Å². The highest BCUT2D eigenvalue weighted by Gasteiger charge is 2.41. The number of nitrogens with zero attached hydrogens (tertiary/aromatic N) is 2. The Hall–Kier alpha value is -1.70. The summed E-state index contributed by atoms with van der Waals surface area (Å²) < 4.78 is 21.9. The van der Waals surface area contributed by atoms with E-state index in [1.54, 1.807) is 0 Å². The maximum atomic E-state index is 14.5. The highest BCUT2D eigenvalue weighted by atomic mass is 32.1. The zero-order valence-corrected chi connectivity index (χ0v) is 19.5. The van der Waals surface area contributed by atoms with Gasteiger partial charge >= 0.3 is 0 Å². The molecule has 174 valence electrons. The van der Waals surface area contributed by atoms with E-state index in [9.17, 15) is 9.18 Å². The summed E-state index contributed by atoms with van der Waals surface area (Å²) in [5, 5.41) is 6.40. The first-order valence-electron chi connectivity index (χ1n) is 12.2. The number of ether oxygens (including phenoxy) is 1. The third-order valence-corrected chi connectivity index (χ3v) is 8.31. The Morgan fingerprint density at radius 3 is 2.88 bits per heavy atom. The molecule has 1 N–H and O–H groups in total. The zero-order valence-electron chi connectivity index (χ0n) is 18.7. The molecule has 0 radical (unpaired) electrons. The number of hydrogen-bond donors (Lipinski definition) is 1. The molecule has 7 heteroatoms. The number of amides is 1. The number of carbonyl (C=O) groups excluding carboxylic acids is 1. The van der Waals surface area contributed by atoms with Crippen molar-refractivity contribution in [1.29, 1.82) is 0 Å². The lowest BCUT2D eigenvalue weighted by molar-refractivity contribution is -0.128. The Morgan fingerprint density at radius 1 is 1.12 bits per heavy atom. The highest BCUT2D eigenvalue weighted by Crippen LogP contribution is 2.34. The minimum absolute atomic E-state index is 0.00220. The number of alkyl halides is 1. The van der Waals surface area contributed by atoms with E-state index in [2.05, 4.69) is 44.8 Å². The average Bonchev–Trinajstić information content (AvgIpc) is 3.29. The van der Waals surface area contributed by atoms with Crippen molar-refractivity contribution in [3.05, 3.63) is 29.6 Å². The number of piperazine rings is 1. The molecule has 32 heavy (non-hydrogen) atoms. The predicted molar refractivity (Wildman–Crippen MR) is 128 cm³/mol. The van der Waals surface area contributed by atoms with Crippen molar-refractivity contribution in [3.8, 4) is 0 Å². The van der Waals surface area contributed by atoms with Gasteiger partial charge in [-0.25, -0.2) is 4.39 Å². The monoisotopic (exact) mass is 459 g/mol. The summed E-state index contributed by atoms with van der Waals surface area (Å²) in [6.45, 7) is 6.16. The molecule has 0 spiro atoms. The number of unbranched alkanes of at least 4 members (excludes halogenated alkanes) is 1. The van der Waals surface area contributed by atoms with Gasteiger partial charge in [0.15, 0.2) is 0 Å². The van der Waals surface area contributed by atoms with E-state index in [1.807, 2.05) is 11.3 Å². The van der Waals surface area contributed by atoms with Crippen LogP contribution in [0.25, 0.3) is 10.1 Å². The van der Waals surface area contributed by atoms with E-state index >= 15 is 0 Å². The number of nitrogens with one attached hydrogen (secondary N) is 1. The van der Waals surface area contributed by atoms with Gasteiger partial charge in [0.1, 0.15) is 6.17 Å². The molecule has 2 saturated heterocycles. The summed E-state index contributed by atoms with van der Waals surface area (Å²) in [5.41, 5.74) is 1.37. The van der Waals surface area contributed by atoms with Crippen LogP contribution in [-0.4, -0.2) is 68.5 Å². The number of carbonyl (C=O) groups is 1. The van der Waals surface area contributed by atoms with Gasteiger partial charge in [-0.15, -0.1) is 11.3 Å². The Morgan fingerprint density at radius 2 is 2.00 bits per heavy atom. The number of benzene rings is 1. The Bertz CT molecular complexity index is 913. The quantitative estimate of drug-likeness (QED) is 0.630. The van der Waals surface area contributed by atoms with Crippen LogP contribution in [0, 0.1) is 5.92 Å². The van der Waals surface area contributed by atoms with Gasteiger partial charge in [0.05, 0.1) is 12.1 Å². The molecule has 0 bridgehead atoms. The van der Waals surface area contributed by atoms with Gasteiger partial charge in [-0.3, -0.25) is 9.69 Å². The number of halogens is 1. The van der Waals surface area contributed by atoms with Gasteiger partial charge in [-0.1, -0.05) is 6.07 Å². The normalized spacial score (nSPS) is 29.2. The topological polar surface area (TPSA) is 44.8 Å². The fourth-order valence-electron chi connectivity index (χ4n) is 5.64. The average molecular weight is 460 g/mol. The maximum Gasteiger partial charge on any atom is 0.220 e. The van der Waals surface area contributed by atoms with Crippen molar-refractivity contribution < 1.29 is 13.9 Å². The molecule has 5 rings (SSSR count). The van der Waals surface area contributed by atoms with Crippen molar-refractivity contribution in [2.45, 2.75) is 56.8 Å². The Balaban J connectivity index is 0.992. The molecular formula is C25H34FN3O2S. The molecule has 1 aromatic heterocycles. The maximum absolute atomic E-state index is 14.5. The van der Waals surface area contributed by atoms with E-state index in [4.69, 9.17) is 4.74 Å². The summed E-state index contributed by atoms with van der Waals surface area (Å²) in [4.78, 5) is 16.6. The molecule has 1 amide bonds. The van der Waals surface area contributed by atoms with Gasteiger partial charge in [0.25, 0.3) is 0 Å². The second-order valence-corrected chi connectivity index (χ2v) is 10.5. The largest absolute Gasteiger partial charge is 0.378 e. The Kier molecular flexibility index (Phi) is 6.95. The van der Waals surface area contributed by atoms with Crippen LogP contribution < -0.4 is 10.2 Å². The smallest absolute Gasteiger partial charge is 0.220 e. The van der Waals surface area contributed by atoms with Crippen LogP contribution in [0.5, 0.6) is 0 Å². The van der Waals surface area contributed by atoms with Crippen molar-refractivity contribution >= 4 is 33.0 Å². The summed E-state index contributed by atoms with van der Waals surface area (Å²) >= 11 is 1.81. The number of thiophene rings is 1. The van der Waals surface area contributed by atoms with E-state index in [0.717, 1.165) is 58.4 Å². The molecule has 3 fully saturated rings. The van der Waals surface area contributed by atoms with Gasteiger partial charge in [-0.2, -0.15) is 0 Å². The first kappa shape index (κ1) is 22.1. The third-order valence-electron chi connectivity index (χ3n) is 7.43. The lowest BCUT2D eigenvalue weighted by Crippen LogP contribution is -2.54. The number of fused-ring (bicyclic) bond motifs is 2.